The molecular weight excluding hydrogens is 455 g/mol. The van der Waals surface area contributed by atoms with Gasteiger partial charge in [0.25, 0.3) is 0 Å². The number of rotatable bonds is 10. The van der Waals surface area contributed by atoms with E-state index in [0.717, 1.165) is 18.5 Å². The highest BCUT2D eigenvalue weighted by molar-refractivity contribution is 5.86. The van der Waals surface area contributed by atoms with E-state index in [1.165, 1.54) is 22.4 Å². The topological polar surface area (TPSA) is 69.6 Å². The molecule has 1 saturated heterocycles. The van der Waals surface area contributed by atoms with Crippen LogP contribution in [0.2, 0.25) is 0 Å². The molecule has 0 bridgehead atoms. The number of fused-ring (bicyclic) bond motifs is 1. The van der Waals surface area contributed by atoms with Gasteiger partial charge in [-0.1, -0.05) is 54.6 Å². The third-order valence-corrected chi connectivity index (χ3v) is 7.39. The molecule has 6 heteroatoms. The van der Waals surface area contributed by atoms with Crippen LogP contribution in [0, 0.1) is 11.7 Å². The number of nitrogens with one attached hydrogen (secondary N) is 1. The van der Waals surface area contributed by atoms with Crippen molar-refractivity contribution in [3.63, 3.8) is 0 Å². The first-order chi connectivity index (χ1) is 17.4. The summed E-state index contributed by atoms with van der Waals surface area (Å²) in [6, 6.07) is 21.6. The smallest absolute Gasteiger partial charge is 0.303 e. The molecule has 0 aliphatic carbocycles. The minimum absolute atomic E-state index is 0.0321. The van der Waals surface area contributed by atoms with Crippen molar-refractivity contribution in [3.05, 3.63) is 83.7 Å². The number of carboxylic acids is 1. The molecule has 1 aliphatic rings. The summed E-state index contributed by atoms with van der Waals surface area (Å²) < 4.78 is 14.1. The van der Waals surface area contributed by atoms with Gasteiger partial charge in [0.1, 0.15) is 5.82 Å². The van der Waals surface area contributed by atoms with E-state index in [-0.39, 0.29) is 36.0 Å². The van der Waals surface area contributed by atoms with Gasteiger partial charge in [-0.3, -0.25) is 9.59 Å². The number of carbonyl (C=O) groups excluding carboxylic acids is 1. The average molecular weight is 491 g/mol. The van der Waals surface area contributed by atoms with Gasteiger partial charge < -0.3 is 15.3 Å². The second kappa shape index (κ2) is 12.1. The normalized spacial score (nSPS) is 18.8. The number of hydrogen-bond donors (Lipinski definition) is 2. The van der Waals surface area contributed by atoms with E-state index >= 15 is 0 Å². The number of benzene rings is 3. The van der Waals surface area contributed by atoms with Crippen molar-refractivity contribution in [2.45, 2.75) is 51.0 Å². The number of carboxylic acid groups (broad SMARTS) is 1. The van der Waals surface area contributed by atoms with Gasteiger partial charge >= 0.3 is 5.97 Å². The quantitative estimate of drug-likeness (QED) is 0.347. The molecule has 3 aromatic carbocycles. The summed E-state index contributed by atoms with van der Waals surface area (Å²) in [5.41, 5.74) is 2.17. The van der Waals surface area contributed by atoms with Crippen molar-refractivity contribution in [1.82, 2.24) is 10.2 Å². The molecule has 0 saturated carbocycles. The molecule has 190 valence electrons. The largest absolute Gasteiger partial charge is 0.481 e. The highest BCUT2D eigenvalue weighted by Gasteiger charge is 2.32. The molecule has 1 amide bonds. The van der Waals surface area contributed by atoms with E-state index in [4.69, 9.17) is 5.11 Å². The van der Waals surface area contributed by atoms with Crippen LogP contribution in [-0.4, -0.2) is 41.5 Å². The lowest BCUT2D eigenvalue weighted by Crippen LogP contribution is -2.45. The highest BCUT2D eigenvalue weighted by atomic mass is 19.1. The molecule has 2 N–H and O–H groups in total. The number of aliphatic carboxylic acids is 1. The van der Waals surface area contributed by atoms with Crippen molar-refractivity contribution in [3.8, 4) is 0 Å². The van der Waals surface area contributed by atoms with Crippen molar-refractivity contribution in [2.75, 3.05) is 19.6 Å². The lowest BCUT2D eigenvalue weighted by Gasteiger charge is -2.39. The Morgan fingerprint density at radius 1 is 1.06 bits per heavy atom. The molecule has 5 nitrogen and oxygen atoms in total. The van der Waals surface area contributed by atoms with Gasteiger partial charge in [0.05, 0.1) is 0 Å². The van der Waals surface area contributed by atoms with Crippen molar-refractivity contribution in [2.24, 2.45) is 5.92 Å². The summed E-state index contributed by atoms with van der Waals surface area (Å²) >= 11 is 0. The first-order valence-corrected chi connectivity index (χ1v) is 12.9. The van der Waals surface area contributed by atoms with Gasteiger partial charge in [0, 0.05) is 37.9 Å². The lowest BCUT2D eigenvalue weighted by atomic mass is 9.80. The fourth-order valence-corrected chi connectivity index (χ4v) is 5.36. The first kappa shape index (κ1) is 25.8. The predicted octanol–water partition coefficient (Wildman–Crippen LogP) is 5.91. The number of amides is 1. The van der Waals surface area contributed by atoms with Gasteiger partial charge in [-0.05, 0) is 72.7 Å². The van der Waals surface area contributed by atoms with Crippen molar-refractivity contribution in [1.29, 1.82) is 0 Å². The van der Waals surface area contributed by atoms with Gasteiger partial charge in [0.2, 0.25) is 5.91 Å². The van der Waals surface area contributed by atoms with Crippen molar-refractivity contribution < 1.29 is 19.1 Å². The first-order valence-electron chi connectivity index (χ1n) is 12.9. The molecule has 3 atom stereocenters. The SMILES string of the molecule is CC(NCC1CCN(C(=O)CCCCC(=O)O)CC1c1cccc(F)c1)c1cccc2ccccc12. The molecule has 0 spiro atoms. The fourth-order valence-electron chi connectivity index (χ4n) is 5.36. The number of carbonyl (C=O) groups is 2. The van der Waals surface area contributed by atoms with Gasteiger partial charge in [-0.2, -0.15) is 0 Å². The summed E-state index contributed by atoms with van der Waals surface area (Å²) in [6.45, 7) is 4.16. The van der Waals surface area contributed by atoms with E-state index in [1.807, 2.05) is 11.0 Å². The van der Waals surface area contributed by atoms with Crippen LogP contribution in [0.25, 0.3) is 10.8 Å². The van der Waals surface area contributed by atoms with Crippen LogP contribution in [-0.2, 0) is 9.59 Å². The zero-order chi connectivity index (χ0) is 25.5. The molecule has 4 rings (SSSR count). The minimum atomic E-state index is -0.834. The van der Waals surface area contributed by atoms with Crippen LogP contribution in [0.5, 0.6) is 0 Å². The van der Waals surface area contributed by atoms with Gasteiger partial charge in [0.15, 0.2) is 0 Å². The zero-order valence-electron chi connectivity index (χ0n) is 20.8. The number of hydrogen-bond acceptors (Lipinski definition) is 3. The van der Waals surface area contributed by atoms with E-state index in [2.05, 4.69) is 54.7 Å². The molecule has 1 heterocycles. The molecule has 0 radical (unpaired) electrons. The van der Waals surface area contributed by atoms with Gasteiger partial charge in [-0.25, -0.2) is 4.39 Å². The highest BCUT2D eigenvalue weighted by Crippen LogP contribution is 2.34. The molecular formula is C30H35FN2O3. The van der Waals surface area contributed by atoms with E-state index in [1.54, 1.807) is 12.1 Å². The number of piperidine rings is 1. The van der Waals surface area contributed by atoms with Crippen LogP contribution < -0.4 is 5.32 Å². The summed E-state index contributed by atoms with van der Waals surface area (Å²) in [5, 5.41) is 15.0. The van der Waals surface area contributed by atoms with Crippen molar-refractivity contribution >= 4 is 22.6 Å². The number of likely N-dealkylation sites (tertiary alicyclic amines) is 1. The monoisotopic (exact) mass is 490 g/mol. The van der Waals surface area contributed by atoms with Crippen LogP contribution >= 0.6 is 0 Å². The van der Waals surface area contributed by atoms with Crippen LogP contribution in [0.4, 0.5) is 4.39 Å². The Morgan fingerprint density at radius 3 is 2.61 bits per heavy atom. The zero-order valence-corrected chi connectivity index (χ0v) is 20.8. The molecule has 3 aromatic rings. The van der Waals surface area contributed by atoms with Crippen LogP contribution in [0.1, 0.15) is 62.1 Å². The van der Waals surface area contributed by atoms with E-state index in [9.17, 15) is 14.0 Å². The molecule has 36 heavy (non-hydrogen) atoms. The number of nitrogens with zero attached hydrogens (tertiary/aromatic N) is 1. The Labute approximate surface area is 212 Å². The molecule has 1 fully saturated rings. The third kappa shape index (κ3) is 6.49. The Balaban J connectivity index is 1.44. The summed E-state index contributed by atoms with van der Waals surface area (Å²) in [6.07, 6.45) is 2.34. The maximum Gasteiger partial charge on any atom is 0.303 e. The Bertz CT molecular complexity index is 1190. The predicted molar refractivity (Wildman–Crippen MR) is 140 cm³/mol. The fraction of sp³-hybridized carbons (Fsp3) is 0.400. The Kier molecular flexibility index (Phi) is 8.70. The average Bonchev–Trinajstić information content (AvgIpc) is 2.89. The second-order valence-electron chi connectivity index (χ2n) is 9.85. The van der Waals surface area contributed by atoms with Gasteiger partial charge in [-0.15, -0.1) is 0 Å². The lowest BCUT2D eigenvalue weighted by molar-refractivity contribution is -0.138. The third-order valence-electron chi connectivity index (χ3n) is 7.39. The summed E-state index contributed by atoms with van der Waals surface area (Å²) in [7, 11) is 0. The molecule has 0 aromatic heterocycles. The molecule has 1 aliphatic heterocycles. The number of unbranched alkanes of at least 4 members (excludes halogenated alkanes) is 1. The van der Waals surface area contributed by atoms with E-state index < -0.39 is 5.97 Å². The standard InChI is InChI=1S/C30H35FN2O3/c1-21(26-13-7-9-22-8-2-3-12-27(22)26)32-19-24-16-17-33(29(34)14-4-5-15-30(35)36)20-28(24)23-10-6-11-25(31)18-23/h2-3,6-13,18,21,24,28,32H,4-5,14-17,19-20H2,1H3,(H,35,36). The Hall–Kier alpha value is -3.25. The van der Waals surface area contributed by atoms with Crippen LogP contribution in [0.3, 0.4) is 0 Å². The second-order valence-corrected chi connectivity index (χ2v) is 9.85. The minimum Gasteiger partial charge on any atom is -0.481 e. The summed E-state index contributed by atoms with van der Waals surface area (Å²) in [5.74, 6) is -0.748. The molecule has 3 unspecified atom stereocenters. The van der Waals surface area contributed by atoms with E-state index in [0.29, 0.717) is 32.4 Å². The maximum atomic E-state index is 14.1. The maximum absolute atomic E-state index is 14.1. The number of halogens is 1. The van der Waals surface area contributed by atoms with Crippen LogP contribution in [0.15, 0.2) is 66.7 Å². The Morgan fingerprint density at radius 2 is 1.81 bits per heavy atom. The summed E-state index contributed by atoms with van der Waals surface area (Å²) in [4.78, 5) is 25.5.